The van der Waals surface area contributed by atoms with Crippen molar-refractivity contribution >= 4 is 17.9 Å². The molecule has 1 saturated carbocycles. The van der Waals surface area contributed by atoms with E-state index in [1.165, 1.54) is 18.9 Å². The summed E-state index contributed by atoms with van der Waals surface area (Å²) in [6.07, 6.45) is 13.4. The molecule has 1 fully saturated rings. The molecule has 2 aromatic heterocycles. The van der Waals surface area contributed by atoms with Crippen molar-refractivity contribution in [2.45, 2.75) is 44.7 Å². The van der Waals surface area contributed by atoms with Crippen LogP contribution in [0.3, 0.4) is 0 Å². The lowest BCUT2D eigenvalue weighted by molar-refractivity contribution is -0.121. The van der Waals surface area contributed by atoms with Gasteiger partial charge in [-0.1, -0.05) is 43.2 Å². The molecule has 0 unspecified atom stereocenters. The third kappa shape index (κ3) is 6.62. The third-order valence-corrected chi connectivity index (χ3v) is 5.70. The van der Waals surface area contributed by atoms with E-state index < -0.39 is 0 Å². The first-order valence-corrected chi connectivity index (χ1v) is 11.4. The fourth-order valence-corrected chi connectivity index (χ4v) is 4.03. The highest BCUT2D eigenvalue weighted by Crippen LogP contribution is 2.23. The van der Waals surface area contributed by atoms with Gasteiger partial charge in [-0.05, 0) is 36.6 Å². The predicted molar refractivity (Wildman–Crippen MR) is 128 cm³/mol. The van der Waals surface area contributed by atoms with Gasteiger partial charge in [0.15, 0.2) is 0 Å². The Hall–Kier alpha value is -3.74. The van der Waals surface area contributed by atoms with Crippen LogP contribution in [0.5, 0.6) is 0 Å². The van der Waals surface area contributed by atoms with Crippen LogP contribution in [0.15, 0.2) is 67.1 Å². The number of rotatable bonds is 9. The van der Waals surface area contributed by atoms with Crippen LogP contribution < -0.4 is 10.6 Å². The molecule has 0 atom stereocenters. The number of pyridine rings is 1. The Morgan fingerprint density at radius 3 is 2.67 bits per heavy atom. The van der Waals surface area contributed by atoms with Gasteiger partial charge in [0.05, 0.1) is 6.54 Å². The van der Waals surface area contributed by atoms with Gasteiger partial charge in [-0.15, -0.1) is 0 Å². The zero-order valence-electron chi connectivity index (χ0n) is 18.6. The van der Waals surface area contributed by atoms with E-state index in [0.29, 0.717) is 19.1 Å². The van der Waals surface area contributed by atoms with Crippen LogP contribution in [0.25, 0.3) is 17.3 Å². The fourth-order valence-electron chi connectivity index (χ4n) is 4.03. The molecule has 2 N–H and O–H groups in total. The standard InChI is InChI=1S/C26H29N5O2/c32-24(28-16-14-25(33)29-23-10-4-5-11-23)13-12-22-19-31(18-20-7-2-1-3-8-20)30-26(22)21-9-6-15-27-17-21/h1-3,6-9,12-13,15,17,19,23H,4-5,10-11,14,16,18H2,(H,28,32)(H,29,33)/b13-12+. The molecule has 0 bridgehead atoms. The van der Waals surface area contributed by atoms with Crippen molar-refractivity contribution in [2.75, 3.05) is 6.54 Å². The van der Waals surface area contributed by atoms with Crippen LogP contribution in [0.4, 0.5) is 0 Å². The number of hydrogen-bond acceptors (Lipinski definition) is 4. The average Bonchev–Trinajstić information content (AvgIpc) is 3.49. The number of aromatic nitrogens is 3. The second kappa shape index (κ2) is 11.2. The minimum Gasteiger partial charge on any atom is -0.353 e. The highest BCUT2D eigenvalue weighted by atomic mass is 16.2. The molecule has 4 rings (SSSR count). The summed E-state index contributed by atoms with van der Waals surface area (Å²) in [6, 6.07) is 14.2. The SMILES string of the molecule is O=C(/C=C/c1cn(Cc2ccccc2)nc1-c1cccnc1)NCCC(=O)NC1CCCC1. The number of nitrogens with one attached hydrogen (secondary N) is 2. The van der Waals surface area contributed by atoms with Crippen LogP contribution in [0.2, 0.25) is 0 Å². The molecular formula is C26H29N5O2. The van der Waals surface area contributed by atoms with E-state index >= 15 is 0 Å². The van der Waals surface area contributed by atoms with E-state index in [4.69, 9.17) is 5.10 Å². The maximum atomic E-state index is 12.3. The molecule has 2 heterocycles. The van der Waals surface area contributed by atoms with Crippen LogP contribution in [-0.2, 0) is 16.1 Å². The number of carbonyl (C=O) groups excluding carboxylic acids is 2. The average molecular weight is 444 g/mol. The predicted octanol–water partition coefficient (Wildman–Crippen LogP) is 3.57. The van der Waals surface area contributed by atoms with Crippen LogP contribution in [0, 0.1) is 0 Å². The van der Waals surface area contributed by atoms with Crippen molar-refractivity contribution in [3.63, 3.8) is 0 Å². The normalized spacial score (nSPS) is 13.9. The number of benzene rings is 1. The van der Waals surface area contributed by atoms with Gasteiger partial charge in [-0.2, -0.15) is 5.10 Å². The van der Waals surface area contributed by atoms with Gasteiger partial charge >= 0.3 is 0 Å². The largest absolute Gasteiger partial charge is 0.353 e. The Morgan fingerprint density at radius 2 is 1.91 bits per heavy atom. The van der Waals surface area contributed by atoms with E-state index in [9.17, 15) is 9.59 Å². The first-order valence-electron chi connectivity index (χ1n) is 11.4. The highest BCUT2D eigenvalue weighted by molar-refractivity contribution is 5.93. The van der Waals surface area contributed by atoms with Gasteiger partial charge in [0.2, 0.25) is 11.8 Å². The Kier molecular flexibility index (Phi) is 7.64. The molecule has 1 aliphatic rings. The van der Waals surface area contributed by atoms with E-state index in [2.05, 4.69) is 27.8 Å². The highest BCUT2D eigenvalue weighted by Gasteiger charge is 2.16. The van der Waals surface area contributed by atoms with E-state index in [-0.39, 0.29) is 18.2 Å². The van der Waals surface area contributed by atoms with Gasteiger partial charge in [0.1, 0.15) is 5.69 Å². The van der Waals surface area contributed by atoms with E-state index in [0.717, 1.165) is 35.2 Å². The number of amides is 2. The van der Waals surface area contributed by atoms with Crippen LogP contribution in [0.1, 0.15) is 43.2 Å². The zero-order chi connectivity index (χ0) is 22.9. The minimum absolute atomic E-state index is 0.00719. The number of nitrogens with zero attached hydrogens (tertiary/aromatic N) is 3. The Morgan fingerprint density at radius 1 is 1.09 bits per heavy atom. The number of hydrogen-bond donors (Lipinski definition) is 2. The summed E-state index contributed by atoms with van der Waals surface area (Å²) < 4.78 is 1.86. The molecule has 7 nitrogen and oxygen atoms in total. The lowest BCUT2D eigenvalue weighted by atomic mass is 10.1. The maximum absolute atomic E-state index is 12.3. The summed E-state index contributed by atoms with van der Waals surface area (Å²) in [5.41, 5.74) is 3.61. The second-order valence-corrected chi connectivity index (χ2v) is 8.28. The second-order valence-electron chi connectivity index (χ2n) is 8.28. The van der Waals surface area contributed by atoms with Crippen molar-refractivity contribution in [1.29, 1.82) is 0 Å². The molecule has 0 radical (unpaired) electrons. The molecule has 2 amide bonds. The van der Waals surface area contributed by atoms with Gasteiger partial charge in [-0.3, -0.25) is 19.3 Å². The first-order chi connectivity index (χ1) is 16.2. The summed E-state index contributed by atoms with van der Waals surface area (Å²) in [4.78, 5) is 28.5. The van der Waals surface area contributed by atoms with E-state index in [1.54, 1.807) is 18.5 Å². The Balaban J connectivity index is 1.38. The van der Waals surface area contributed by atoms with Gasteiger partial charge < -0.3 is 10.6 Å². The zero-order valence-corrected chi connectivity index (χ0v) is 18.6. The van der Waals surface area contributed by atoms with Crippen LogP contribution in [-0.4, -0.2) is 39.2 Å². The molecule has 0 aliphatic heterocycles. The van der Waals surface area contributed by atoms with E-state index in [1.807, 2.05) is 41.2 Å². The lowest BCUT2D eigenvalue weighted by Gasteiger charge is -2.11. The Labute approximate surface area is 193 Å². The number of carbonyl (C=O) groups is 2. The summed E-state index contributed by atoms with van der Waals surface area (Å²) in [6.45, 7) is 0.939. The quantitative estimate of drug-likeness (QED) is 0.495. The summed E-state index contributed by atoms with van der Waals surface area (Å²) >= 11 is 0. The first kappa shape index (κ1) is 22.5. The van der Waals surface area contributed by atoms with Gasteiger partial charge in [-0.25, -0.2) is 0 Å². The van der Waals surface area contributed by atoms with Crippen molar-refractivity contribution in [2.24, 2.45) is 0 Å². The van der Waals surface area contributed by atoms with Gasteiger partial charge in [0, 0.05) is 54.8 Å². The summed E-state index contributed by atoms with van der Waals surface area (Å²) in [5, 5.41) is 10.6. The van der Waals surface area contributed by atoms with Crippen LogP contribution >= 0.6 is 0 Å². The molecule has 0 saturated heterocycles. The van der Waals surface area contributed by atoms with Crippen molar-refractivity contribution in [1.82, 2.24) is 25.4 Å². The molecule has 1 aliphatic carbocycles. The Bertz CT molecular complexity index is 1090. The minimum atomic E-state index is -0.239. The molecule has 7 heteroatoms. The maximum Gasteiger partial charge on any atom is 0.244 e. The topological polar surface area (TPSA) is 88.9 Å². The fraction of sp³-hybridized carbons (Fsp3) is 0.308. The lowest BCUT2D eigenvalue weighted by Crippen LogP contribution is -2.35. The van der Waals surface area contributed by atoms with Crippen molar-refractivity contribution in [3.8, 4) is 11.3 Å². The monoisotopic (exact) mass is 443 g/mol. The smallest absolute Gasteiger partial charge is 0.244 e. The van der Waals surface area contributed by atoms with Crippen molar-refractivity contribution in [3.05, 3.63) is 78.3 Å². The van der Waals surface area contributed by atoms with Crippen molar-refractivity contribution < 1.29 is 9.59 Å². The van der Waals surface area contributed by atoms with Gasteiger partial charge in [0.25, 0.3) is 0 Å². The molecule has 170 valence electrons. The molecule has 3 aromatic rings. The summed E-state index contributed by atoms with van der Waals surface area (Å²) in [5.74, 6) is -0.246. The summed E-state index contributed by atoms with van der Waals surface area (Å²) in [7, 11) is 0. The third-order valence-electron chi connectivity index (χ3n) is 5.70. The molecule has 0 spiro atoms. The molecule has 1 aromatic carbocycles. The molecule has 33 heavy (non-hydrogen) atoms. The molecular weight excluding hydrogens is 414 g/mol.